The first-order valence-electron chi connectivity index (χ1n) is 9.34. The predicted octanol–water partition coefficient (Wildman–Crippen LogP) is 4.81. The zero-order valence-corrected chi connectivity index (χ0v) is 16.8. The van der Waals surface area contributed by atoms with E-state index in [0.29, 0.717) is 17.5 Å². The van der Waals surface area contributed by atoms with Gasteiger partial charge in [0.05, 0.1) is 13.2 Å². The lowest BCUT2D eigenvalue weighted by atomic mass is 9.96. The Morgan fingerprint density at radius 1 is 1.25 bits per heavy atom. The molecule has 0 saturated carbocycles. The minimum absolute atomic E-state index is 0.0337. The van der Waals surface area contributed by atoms with E-state index in [1.165, 1.54) is 7.11 Å². The van der Waals surface area contributed by atoms with Crippen molar-refractivity contribution in [3.63, 3.8) is 0 Å². The van der Waals surface area contributed by atoms with Gasteiger partial charge < -0.3 is 24.4 Å². The molecule has 0 amide bonds. The van der Waals surface area contributed by atoms with Gasteiger partial charge >= 0.3 is 5.97 Å². The molecule has 6 nitrogen and oxygen atoms in total. The van der Waals surface area contributed by atoms with E-state index in [1.807, 2.05) is 26.8 Å². The van der Waals surface area contributed by atoms with Crippen molar-refractivity contribution in [3.05, 3.63) is 46.5 Å². The molecule has 1 heterocycles. The molecule has 1 aliphatic rings. The van der Waals surface area contributed by atoms with Crippen molar-refractivity contribution in [1.82, 2.24) is 0 Å². The summed E-state index contributed by atoms with van der Waals surface area (Å²) in [7, 11) is 1.44. The Hall–Kier alpha value is -2.73. The zero-order chi connectivity index (χ0) is 20.6. The average Bonchev–Trinajstić information content (AvgIpc) is 2.61. The maximum atomic E-state index is 12.9. The van der Waals surface area contributed by atoms with Crippen molar-refractivity contribution < 1.29 is 29.2 Å². The van der Waals surface area contributed by atoms with E-state index in [-0.39, 0.29) is 34.5 Å². The molecule has 1 aliphatic heterocycles. The topological polar surface area (TPSA) is 85.2 Å². The molecule has 0 aromatic heterocycles. The number of aliphatic hydroxyl groups is 1. The summed E-state index contributed by atoms with van der Waals surface area (Å²) in [5.41, 5.74) is 2.00. The van der Waals surface area contributed by atoms with Crippen LogP contribution < -0.4 is 9.47 Å². The quantitative estimate of drug-likeness (QED) is 0.734. The summed E-state index contributed by atoms with van der Waals surface area (Å²) >= 11 is 0. The number of ether oxygens (including phenoxy) is 3. The Kier molecular flexibility index (Phi) is 5.52. The zero-order valence-electron chi connectivity index (χ0n) is 16.8. The number of rotatable bonds is 4. The van der Waals surface area contributed by atoms with Crippen molar-refractivity contribution in [2.24, 2.45) is 5.92 Å². The summed E-state index contributed by atoms with van der Waals surface area (Å²) in [6.45, 7) is 7.56. The molecule has 0 saturated heterocycles. The standard InChI is InChI=1S/C22H26O6/c1-11(2)8-16(23)14-6-7-18-19(21(14)26-5)22(25)27-13(4)15-9-12(3)10-17(24)20(15)28-18/h6-7,9-11,13,16,23-24H,8H2,1-5H3/t13?,16-/m0/s1. The molecule has 6 heteroatoms. The molecule has 2 aromatic rings. The van der Waals surface area contributed by atoms with Gasteiger partial charge in [-0.2, -0.15) is 0 Å². The third-order valence-electron chi connectivity index (χ3n) is 4.79. The third kappa shape index (κ3) is 3.64. The molecule has 2 atom stereocenters. The Morgan fingerprint density at radius 2 is 1.96 bits per heavy atom. The lowest BCUT2D eigenvalue weighted by Gasteiger charge is -2.26. The number of aryl methyl sites for hydroxylation is 1. The van der Waals surface area contributed by atoms with Gasteiger partial charge in [0, 0.05) is 11.1 Å². The fraction of sp³-hybridized carbons (Fsp3) is 0.409. The summed E-state index contributed by atoms with van der Waals surface area (Å²) in [4.78, 5) is 12.9. The fourth-order valence-corrected chi connectivity index (χ4v) is 3.50. The lowest BCUT2D eigenvalue weighted by Crippen LogP contribution is -2.17. The number of aromatic hydroxyl groups is 1. The van der Waals surface area contributed by atoms with Gasteiger partial charge in [0.2, 0.25) is 0 Å². The summed E-state index contributed by atoms with van der Waals surface area (Å²) in [5, 5.41) is 21.0. The minimum Gasteiger partial charge on any atom is -0.504 e. The summed E-state index contributed by atoms with van der Waals surface area (Å²) < 4.78 is 17.1. The molecule has 0 radical (unpaired) electrons. The number of aliphatic hydroxyl groups excluding tert-OH is 1. The van der Waals surface area contributed by atoms with E-state index >= 15 is 0 Å². The van der Waals surface area contributed by atoms with Crippen LogP contribution in [0.5, 0.6) is 23.0 Å². The highest BCUT2D eigenvalue weighted by molar-refractivity contribution is 5.97. The van der Waals surface area contributed by atoms with Crippen LogP contribution >= 0.6 is 0 Å². The van der Waals surface area contributed by atoms with E-state index in [4.69, 9.17) is 14.2 Å². The van der Waals surface area contributed by atoms with E-state index in [0.717, 1.165) is 5.56 Å². The van der Waals surface area contributed by atoms with Crippen LogP contribution in [0.2, 0.25) is 0 Å². The van der Waals surface area contributed by atoms with Crippen LogP contribution in [0.1, 0.15) is 66.4 Å². The van der Waals surface area contributed by atoms with Crippen molar-refractivity contribution in [2.75, 3.05) is 7.11 Å². The molecular formula is C22H26O6. The number of benzene rings is 2. The monoisotopic (exact) mass is 386 g/mol. The molecule has 0 spiro atoms. The summed E-state index contributed by atoms with van der Waals surface area (Å²) in [6.07, 6.45) is -0.903. The molecule has 1 unspecified atom stereocenters. The second-order valence-corrected chi connectivity index (χ2v) is 7.56. The first-order valence-corrected chi connectivity index (χ1v) is 9.34. The minimum atomic E-state index is -0.792. The predicted molar refractivity (Wildman–Crippen MR) is 104 cm³/mol. The van der Waals surface area contributed by atoms with E-state index in [1.54, 1.807) is 25.1 Å². The number of phenols is 1. The summed E-state index contributed by atoms with van der Waals surface area (Å²) in [5.74, 6) is 0.284. The number of phenolic OH excluding ortho intramolecular Hbond substituents is 1. The van der Waals surface area contributed by atoms with Gasteiger partial charge in [-0.15, -0.1) is 0 Å². The molecule has 0 aliphatic carbocycles. The van der Waals surface area contributed by atoms with Crippen LogP contribution in [0, 0.1) is 12.8 Å². The Bertz CT molecular complexity index is 902. The normalized spacial score (nSPS) is 17.0. The average molecular weight is 386 g/mol. The number of carbonyl (C=O) groups is 1. The molecule has 2 aromatic carbocycles. The van der Waals surface area contributed by atoms with Gasteiger partial charge in [-0.3, -0.25) is 0 Å². The number of esters is 1. The maximum Gasteiger partial charge on any atom is 0.346 e. The van der Waals surface area contributed by atoms with E-state index < -0.39 is 18.2 Å². The fourth-order valence-electron chi connectivity index (χ4n) is 3.50. The number of hydrogen-bond acceptors (Lipinski definition) is 6. The molecule has 3 rings (SSSR count). The highest BCUT2D eigenvalue weighted by atomic mass is 16.6. The molecule has 28 heavy (non-hydrogen) atoms. The molecule has 2 N–H and O–H groups in total. The van der Waals surface area contributed by atoms with Crippen LogP contribution in [0.3, 0.4) is 0 Å². The highest BCUT2D eigenvalue weighted by Crippen LogP contribution is 2.46. The van der Waals surface area contributed by atoms with E-state index in [9.17, 15) is 15.0 Å². The number of fused-ring (bicyclic) bond motifs is 2. The van der Waals surface area contributed by atoms with Crippen molar-refractivity contribution >= 4 is 5.97 Å². The van der Waals surface area contributed by atoms with Gasteiger partial charge in [-0.25, -0.2) is 4.79 Å². The van der Waals surface area contributed by atoms with Crippen LogP contribution in [0.4, 0.5) is 0 Å². The number of cyclic esters (lactones) is 1. The second-order valence-electron chi connectivity index (χ2n) is 7.56. The Balaban J connectivity index is 2.17. The van der Waals surface area contributed by atoms with Gasteiger partial charge in [0.15, 0.2) is 11.5 Å². The van der Waals surface area contributed by atoms with Gasteiger partial charge in [0.25, 0.3) is 0 Å². The lowest BCUT2D eigenvalue weighted by molar-refractivity contribution is 0.0315. The van der Waals surface area contributed by atoms with Crippen molar-refractivity contribution in [1.29, 1.82) is 0 Å². The third-order valence-corrected chi connectivity index (χ3v) is 4.79. The Morgan fingerprint density at radius 3 is 2.61 bits per heavy atom. The van der Waals surface area contributed by atoms with Crippen LogP contribution in [0.25, 0.3) is 0 Å². The number of hydrogen-bond donors (Lipinski definition) is 2. The largest absolute Gasteiger partial charge is 0.504 e. The number of methoxy groups -OCH3 is 1. The van der Waals surface area contributed by atoms with E-state index in [2.05, 4.69) is 0 Å². The van der Waals surface area contributed by atoms with Crippen molar-refractivity contribution in [2.45, 2.75) is 46.3 Å². The molecule has 0 bridgehead atoms. The number of carbonyl (C=O) groups excluding carboxylic acids is 1. The first-order chi connectivity index (χ1) is 13.2. The van der Waals surface area contributed by atoms with Crippen LogP contribution in [-0.2, 0) is 4.74 Å². The first kappa shape index (κ1) is 20.0. The molecular weight excluding hydrogens is 360 g/mol. The van der Waals surface area contributed by atoms with Gasteiger partial charge in [-0.1, -0.05) is 13.8 Å². The highest BCUT2D eigenvalue weighted by Gasteiger charge is 2.32. The SMILES string of the molecule is COc1c([C@@H](O)CC(C)C)ccc2c1C(=O)OC(C)c1cc(C)cc(O)c1O2. The second kappa shape index (κ2) is 7.72. The van der Waals surface area contributed by atoms with Crippen molar-refractivity contribution in [3.8, 4) is 23.0 Å². The summed E-state index contributed by atoms with van der Waals surface area (Å²) in [6, 6.07) is 6.67. The molecule has 0 fully saturated rings. The van der Waals surface area contributed by atoms with Crippen LogP contribution in [-0.4, -0.2) is 23.3 Å². The molecule has 150 valence electrons. The van der Waals surface area contributed by atoms with Gasteiger partial charge in [-0.05, 0) is 56.0 Å². The van der Waals surface area contributed by atoms with Gasteiger partial charge in [0.1, 0.15) is 23.2 Å². The Labute approximate surface area is 164 Å². The van der Waals surface area contributed by atoms with Crippen LogP contribution in [0.15, 0.2) is 24.3 Å². The maximum absolute atomic E-state index is 12.9. The smallest absolute Gasteiger partial charge is 0.346 e.